The predicted molar refractivity (Wildman–Crippen MR) is 166 cm³/mol. The van der Waals surface area contributed by atoms with E-state index in [-0.39, 0.29) is 12.6 Å². The van der Waals surface area contributed by atoms with Gasteiger partial charge in [0.2, 0.25) is 0 Å². The Balaban J connectivity index is 1.09. The monoisotopic (exact) mass is 648 g/mol. The number of fused-ring (bicyclic) bond motifs is 2. The number of nitrogens with zero attached hydrogens (tertiary/aromatic N) is 5. The van der Waals surface area contributed by atoms with Gasteiger partial charge in [0.15, 0.2) is 5.82 Å². The number of nitrogens with one attached hydrogen (secondary N) is 3. The molecule has 4 heterocycles. The highest BCUT2D eigenvalue weighted by Crippen LogP contribution is 2.31. The number of benzene rings is 2. The summed E-state index contributed by atoms with van der Waals surface area (Å²) in [5.74, 6) is 4.47. The van der Waals surface area contributed by atoms with Crippen LogP contribution in [-0.4, -0.2) is 68.2 Å². The maximum atomic E-state index is 12.5. The summed E-state index contributed by atoms with van der Waals surface area (Å²) in [6.45, 7) is 2.16. The van der Waals surface area contributed by atoms with Gasteiger partial charge < -0.3 is 20.8 Å². The van der Waals surface area contributed by atoms with Crippen molar-refractivity contribution in [2.75, 3.05) is 18.4 Å². The minimum Gasteiger partial charge on any atom is -0.339 e. The Hall–Kier alpha value is -5.20. The van der Waals surface area contributed by atoms with E-state index in [1.54, 1.807) is 0 Å². The van der Waals surface area contributed by atoms with Crippen LogP contribution < -0.4 is 16.0 Å². The molecule has 2 amide bonds. The first-order valence-electron chi connectivity index (χ1n) is 14.3. The SMILES string of the molecule is CCN(OC(=O)C(F)(F)F)C(=O)N[C@H]1CN[C@H](C#Cc2cc3ncnc(Nc4ccc5c(cnn5Cc5ccccc5)c4)c3s2)C1. The van der Waals surface area contributed by atoms with Crippen LogP contribution in [0.15, 0.2) is 67.1 Å². The van der Waals surface area contributed by atoms with Crippen LogP contribution in [0, 0.1) is 11.8 Å². The molecule has 15 heteroatoms. The minimum absolute atomic E-state index is 0.253. The van der Waals surface area contributed by atoms with E-state index in [9.17, 15) is 22.8 Å². The summed E-state index contributed by atoms with van der Waals surface area (Å²) in [5.41, 5.74) is 3.78. The topological polar surface area (TPSA) is 126 Å². The molecule has 0 saturated carbocycles. The number of anilines is 2. The van der Waals surface area contributed by atoms with Gasteiger partial charge in [-0.25, -0.2) is 19.6 Å². The highest BCUT2D eigenvalue weighted by atomic mass is 32.1. The number of rotatable bonds is 6. The van der Waals surface area contributed by atoms with Crippen molar-refractivity contribution < 1.29 is 27.6 Å². The molecule has 3 N–H and O–H groups in total. The van der Waals surface area contributed by atoms with E-state index >= 15 is 0 Å². The van der Waals surface area contributed by atoms with Crippen LogP contribution in [0.4, 0.5) is 29.5 Å². The van der Waals surface area contributed by atoms with E-state index in [2.05, 4.69) is 59.8 Å². The maximum Gasteiger partial charge on any atom is 0.493 e. The Morgan fingerprint density at radius 2 is 2.00 bits per heavy atom. The van der Waals surface area contributed by atoms with Gasteiger partial charge in [0.25, 0.3) is 0 Å². The van der Waals surface area contributed by atoms with Gasteiger partial charge >= 0.3 is 18.2 Å². The van der Waals surface area contributed by atoms with Crippen LogP contribution >= 0.6 is 11.3 Å². The first kappa shape index (κ1) is 30.8. The molecule has 1 aliphatic heterocycles. The number of halogens is 3. The second kappa shape index (κ2) is 13.0. The van der Waals surface area contributed by atoms with Crippen molar-refractivity contribution in [2.45, 2.75) is 38.1 Å². The number of amides is 2. The molecule has 0 bridgehead atoms. The fourth-order valence-corrected chi connectivity index (χ4v) is 5.87. The van der Waals surface area contributed by atoms with Gasteiger partial charge in [-0.15, -0.1) is 11.3 Å². The molecule has 0 radical (unpaired) electrons. The molecule has 1 aliphatic rings. The number of carbonyl (C=O) groups excluding carboxylic acids is 2. The van der Waals surface area contributed by atoms with Gasteiger partial charge in [0.1, 0.15) is 6.33 Å². The molecule has 1 fully saturated rings. The van der Waals surface area contributed by atoms with Gasteiger partial charge in [-0.05, 0) is 43.2 Å². The molecule has 3 aromatic heterocycles. The summed E-state index contributed by atoms with van der Waals surface area (Å²) in [7, 11) is 0. The molecule has 6 rings (SSSR count). The summed E-state index contributed by atoms with van der Waals surface area (Å²) in [6, 6.07) is 16.4. The molecule has 0 unspecified atom stereocenters. The van der Waals surface area contributed by atoms with Crippen molar-refractivity contribution in [3.63, 3.8) is 0 Å². The molecule has 0 spiro atoms. The normalized spacial score (nSPS) is 16.2. The van der Waals surface area contributed by atoms with Crippen LogP contribution in [0.1, 0.15) is 23.8 Å². The van der Waals surface area contributed by atoms with Crippen molar-refractivity contribution in [3.05, 3.63) is 77.6 Å². The third kappa shape index (κ3) is 7.03. The van der Waals surface area contributed by atoms with Crippen molar-refractivity contribution in [3.8, 4) is 11.8 Å². The molecule has 236 valence electrons. The average Bonchev–Trinajstić information content (AvgIpc) is 3.77. The Labute approximate surface area is 264 Å². The third-order valence-corrected chi connectivity index (χ3v) is 8.20. The number of urea groups is 1. The number of hydrogen-bond donors (Lipinski definition) is 3. The number of carbonyl (C=O) groups is 2. The molecule has 11 nitrogen and oxygen atoms in total. The van der Waals surface area contributed by atoms with Gasteiger partial charge in [-0.3, -0.25) is 4.68 Å². The van der Waals surface area contributed by atoms with Gasteiger partial charge in [-0.1, -0.05) is 42.2 Å². The highest BCUT2D eigenvalue weighted by Gasteiger charge is 2.43. The second-order valence-corrected chi connectivity index (χ2v) is 11.5. The zero-order valence-electron chi connectivity index (χ0n) is 24.3. The lowest BCUT2D eigenvalue weighted by atomic mass is 10.2. The summed E-state index contributed by atoms with van der Waals surface area (Å²) in [5, 5.41) is 15.0. The van der Waals surface area contributed by atoms with Crippen LogP contribution in [0.2, 0.25) is 0 Å². The van der Waals surface area contributed by atoms with Crippen LogP contribution in [0.3, 0.4) is 0 Å². The maximum absolute atomic E-state index is 12.5. The van der Waals surface area contributed by atoms with E-state index in [0.717, 1.165) is 31.7 Å². The summed E-state index contributed by atoms with van der Waals surface area (Å²) in [4.78, 5) is 37.2. The molecule has 1 saturated heterocycles. The number of aromatic nitrogens is 4. The van der Waals surface area contributed by atoms with E-state index in [1.807, 2.05) is 53.3 Å². The van der Waals surface area contributed by atoms with Crippen molar-refractivity contribution in [1.82, 2.24) is 35.4 Å². The molecular formula is C31H27F3N8O3S. The van der Waals surface area contributed by atoms with E-state index in [4.69, 9.17) is 0 Å². The lowest BCUT2D eigenvalue weighted by Crippen LogP contribution is -2.47. The predicted octanol–water partition coefficient (Wildman–Crippen LogP) is 4.97. The minimum atomic E-state index is -5.21. The number of thiophene rings is 1. The number of alkyl halides is 3. The number of hydroxylamine groups is 2. The fourth-order valence-electron chi connectivity index (χ4n) is 4.95. The van der Waals surface area contributed by atoms with Crippen molar-refractivity contribution in [1.29, 1.82) is 0 Å². The van der Waals surface area contributed by atoms with E-state index in [0.29, 0.717) is 30.4 Å². The fraction of sp³-hybridized carbons (Fsp3) is 0.258. The zero-order chi connectivity index (χ0) is 32.3. The molecule has 2 aromatic carbocycles. The Morgan fingerprint density at radius 3 is 2.78 bits per heavy atom. The summed E-state index contributed by atoms with van der Waals surface area (Å²) in [6.07, 6.45) is -1.47. The van der Waals surface area contributed by atoms with Gasteiger partial charge in [0.05, 0.1) is 45.9 Å². The molecular weight excluding hydrogens is 621 g/mol. The van der Waals surface area contributed by atoms with Crippen molar-refractivity contribution >= 4 is 56.0 Å². The molecule has 5 aromatic rings. The largest absolute Gasteiger partial charge is 0.493 e. The molecule has 46 heavy (non-hydrogen) atoms. The average molecular weight is 649 g/mol. The highest BCUT2D eigenvalue weighted by molar-refractivity contribution is 7.20. The van der Waals surface area contributed by atoms with Crippen molar-refractivity contribution in [2.24, 2.45) is 0 Å². The zero-order valence-corrected chi connectivity index (χ0v) is 25.2. The lowest BCUT2D eigenvalue weighted by Gasteiger charge is -2.22. The standard InChI is InChI=1S/C31H27F3N8O3S/c1-2-42(45-29(43)31(32,33)34)30(44)40-23-13-21(35-16-23)8-10-24-14-25-27(46-24)28(37-18-36-25)39-22-9-11-26-20(12-22)15-38-41(26)17-19-6-4-3-5-7-19/h3-7,9,11-12,14-15,18,21,23,35H,2,13,16-17H2,1H3,(H,40,44)(H,36,37,39)/t21-,23-/m1/s1. The Bertz CT molecular complexity index is 1950. The first-order chi connectivity index (χ1) is 22.2. The Morgan fingerprint density at radius 1 is 1.17 bits per heavy atom. The smallest absolute Gasteiger partial charge is 0.339 e. The van der Waals surface area contributed by atoms with Crippen LogP contribution in [0.5, 0.6) is 0 Å². The van der Waals surface area contributed by atoms with E-state index in [1.165, 1.54) is 30.2 Å². The first-order valence-corrected chi connectivity index (χ1v) is 15.1. The summed E-state index contributed by atoms with van der Waals surface area (Å²) >= 11 is 1.44. The molecule has 2 atom stereocenters. The Kier molecular flexibility index (Phi) is 8.73. The van der Waals surface area contributed by atoms with Gasteiger partial charge in [-0.2, -0.15) is 23.3 Å². The quantitative estimate of drug-likeness (QED) is 0.174. The van der Waals surface area contributed by atoms with E-state index < -0.39 is 24.2 Å². The van der Waals surface area contributed by atoms with Crippen LogP contribution in [-0.2, 0) is 16.2 Å². The molecule has 0 aliphatic carbocycles. The van der Waals surface area contributed by atoms with Gasteiger partial charge in [0, 0.05) is 23.7 Å². The lowest BCUT2D eigenvalue weighted by molar-refractivity contribution is -0.227. The number of hydrogen-bond acceptors (Lipinski definition) is 9. The van der Waals surface area contributed by atoms with Crippen LogP contribution in [0.25, 0.3) is 21.1 Å². The third-order valence-electron chi connectivity index (χ3n) is 7.16. The summed E-state index contributed by atoms with van der Waals surface area (Å²) < 4.78 is 40.4. The second-order valence-electron chi connectivity index (χ2n) is 10.4.